The first-order chi connectivity index (χ1) is 6.27. The molecule has 1 aromatic rings. The summed E-state index contributed by atoms with van der Waals surface area (Å²) in [4.78, 5) is 0. The minimum atomic E-state index is 0.493. The van der Waals surface area contributed by atoms with E-state index in [9.17, 15) is 0 Å². The van der Waals surface area contributed by atoms with E-state index in [0.29, 0.717) is 6.54 Å². The predicted octanol–water partition coefficient (Wildman–Crippen LogP) is 2.62. The highest BCUT2D eigenvalue weighted by molar-refractivity contribution is 6.31. The van der Waals surface area contributed by atoms with Crippen molar-refractivity contribution in [1.29, 1.82) is 0 Å². The Kier molecular flexibility index (Phi) is 4.06. The van der Waals surface area contributed by atoms with E-state index in [1.165, 1.54) is 0 Å². The van der Waals surface area contributed by atoms with Crippen LogP contribution in [0.2, 0.25) is 5.02 Å². The highest BCUT2D eigenvalue weighted by Gasteiger charge is 1.98. The molecule has 0 radical (unpaired) electrons. The Morgan fingerprint density at radius 3 is 2.77 bits per heavy atom. The van der Waals surface area contributed by atoms with Crippen LogP contribution < -0.4 is 11.1 Å². The van der Waals surface area contributed by atoms with E-state index < -0.39 is 0 Å². The van der Waals surface area contributed by atoms with Crippen molar-refractivity contribution >= 4 is 17.3 Å². The zero-order chi connectivity index (χ0) is 9.68. The monoisotopic (exact) mass is 198 g/mol. The Morgan fingerprint density at radius 1 is 1.46 bits per heavy atom. The van der Waals surface area contributed by atoms with Gasteiger partial charge in [-0.05, 0) is 24.1 Å². The number of halogens is 1. The first-order valence-corrected chi connectivity index (χ1v) is 4.88. The number of hydrogen-bond donors (Lipinski definition) is 2. The summed E-state index contributed by atoms with van der Waals surface area (Å²) in [6.07, 6.45) is 1.11. The molecular formula is C10H15ClN2. The standard InChI is InChI=1S/C10H15ClN2/c1-2-5-13-9-4-3-8(7-12)10(11)6-9/h3-4,6,13H,2,5,7,12H2,1H3. The third-order valence-corrected chi connectivity index (χ3v) is 2.20. The van der Waals surface area contributed by atoms with E-state index in [-0.39, 0.29) is 0 Å². The van der Waals surface area contributed by atoms with Gasteiger partial charge in [0.25, 0.3) is 0 Å². The second-order valence-corrected chi connectivity index (χ2v) is 3.34. The Labute approximate surface area is 84.1 Å². The molecule has 3 heteroatoms. The van der Waals surface area contributed by atoms with E-state index in [4.69, 9.17) is 17.3 Å². The fraction of sp³-hybridized carbons (Fsp3) is 0.400. The number of hydrogen-bond acceptors (Lipinski definition) is 2. The van der Waals surface area contributed by atoms with Crippen molar-refractivity contribution in [2.45, 2.75) is 19.9 Å². The molecule has 2 nitrogen and oxygen atoms in total. The Hall–Kier alpha value is -0.730. The van der Waals surface area contributed by atoms with Crippen LogP contribution in [0.1, 0.15) is 18.9 Å². The van der Waals surface area contributed by atoms with Gasteiger partial charge >= 0.3 is 0 Å². The molecule has 0 amide bonds. The van der Waals surface area contributed by atoms with Crippen molar-refractivity contribution < 1.29 is 0 Å². The van der Waals surface area contributed by atoms with Crippen LogP contribution in [0.25, 0.3) is 0 Å². The molecule has 0 aliphatic carbocycles. The van der Waals surface area contributed by atoms with Gasteiger partial charge < -0.3 is 11.1 Å². The molecule has 0 atom stereocenters. The highest BCUT2D eigenvalue weighted by Crippen LogP contribution is 2.20. The molecule has 0 saturated carbocycles. The Bertz CT molecular complexity index is 274. The first-order valence-electron chi connectivity index (χ1n) is 4.50. The van der Waals surface area contributed by atoms with E-state index in [1.54, 1.807) is 0 Å². The summed E-state index contributed by atoms with van der Waals surface area (Å²) in [6, 6.07) is 5.88. The Morgan fingerprint density at radius 2 is 2.23 bits per heavy atom. The molecule has 13 heavy (non-hydrogen) atoms. The van der Waals surface area contributed by atoms with Crippen molar-refractivity contribution in [3.05, 3.63) is 28.8 Å². The molecule has 3 N–H and O–H groups in total. The smallest absolute Gasteiger partial charge is 0.0471 e. The van der Waals surface area contributed by atoms with Gasteiger partial charge in [0.1, 0.15) is 0 Å². The molecule has 0 bridgehead atoms. The molecule has 0 saturated heterocycles. The summed E-state index contributed by atoms with van der Waals surface area (Å²) >= 11 is 5.99. The number of rotatable bonds is 4. The summed E-state index contributed by atoms with van der Waals surface area (Å²) in [5, 5.41) is 4.00. The lowest BCUT2D eigenvalue weighted by molar-refractivity contribution is 0.978. The summed E-state index contributed by atoms with van der Waals surface area (Å²) < 4.78 is 0. The van der Waals surface area contributed by atoms with Crippen LogP contribution in [-0.2, 0) is 6.54 Å². The molecule has 0 aromatic heterocycles. The minimum absolute atomic E-state index is 0.493. The summed E-state index contributed by atoms with van der Waals surface area (Å²) in [5.74, 6) is 0. The van der Waals surface area contributed by atoms with Gasteiger partial charge in [-0.3, -0.25) is 0 Å². The van der Waals surface area contributed by atoms with E-state index in [1.807, 2.05) is 18.2 Å². The van der Waals surface area contributed by atoms with Crippen molar-refractivity contribution in [2.24, 2.45) is 5.73 Å². The zero-order valence-corrected chi connectivity index (χ0v) is 8.56. The number of nitrogens with one attached hydrogen (secondary N) is 1. The molecule has 0 aliphatic rings. The molecule has 0 heterocycles. The van der Waals surface area contributed by atoms with Crippen molar-refractivity contribution in [1.82, 2.24) is 0 Å². The lowest BCUT2D eigenvalue weighted by Gasteiger charge is -2.07. The van der Waals surface area contributed by atoms with Gasteiger partial charge in [-0.2, -0.15) is 0 Å². The zero-order valence-electron chi connectivity index (χ0n) is 7.81. The van der Waals surface area contributed by atoms with Gasteiger partial charge in [0.05, 0.1) is 0 Å². The summed E-state index contributed by atoms with van der Waals surface area (Å²) in [7, 11) is 0. The van der Waals surface area contributed by atoms with Crippen LogP contribution in [0, 0.1) is 0 Å². The van der Waals surface area contributed by atoms with Crippen LogP contribution >= 0.6 is 11.6 Å². The van der Waals surface area contributed by atoms with Crippen LogP contribution in [0.5, 0.6) is 0 Å². The van der Waals surface area contributed by atoms with Gasteiger partial charge in [0, 0.05) is 23.8 Å². The van der Waals surface area contributed by atoms with Crippen LogP contribution in [0.3, 0.4) is 0 Å². The maximum absolute atomic E-state index is 5.99. The molecule has 0 spiro atoms. The molecule has 72 valence electrons. The van der Waals surface area contributed by atoms with Crippen LogP contribution in [0.15, 0.2) is 18.2 Å². The normalized spacial score (nSPS) is 10.1. The maximum Gasteiger partial charge on any atom is 0.0471 e. The quantitative estimate of drug-likeness (QED) is 0.781. The second-order valence-electron chi connectivity index (χ2n) is 2.94. The first kappa shape index (κ1) is 10.4. The molecule has 0 unspecified atom stereocenters. The Balaban J connectivity index is 2.71. The van der Waals surface area contributed by atoms with Gasteiger partial charge in [0.15, 0.2) is 0 Å². The van der Waals surface area contributed by atoms with E-state index in [2.05, 4.69) is 12.2 Å². The lowest BCUT2D eigenvalue weighted by Crippen LogP contribution is -2.01. The van der Waals surface area contributed by atoms with Crippen LogP contribution in [-0.4, -0.2) is 6.54 Å². The topological polar surface area (TPSA) is 38.0 Å². The molecule has 1 rings (SSSR count). The summed E-state index contributed by atoms with van der Waals surface area (Å²) in [6.45, 7) is 3.59. The average molecular weight is 199 g/mol. The van der Waals surface area contributed by atoms with Gasteiger partial charge in [-0.15, -0.1) is 0 Å². The van der Waals surface area contributed by atoms with Gasteiger partial charge in [0.2, 0.25) is 0 Å². The van der Waals surface area contributed by atoms with E-state index >= 15 is 0 Å². The third kappa shape index (κ3) is 2.90. The third-order valence-electron chi connectivity index (χ3n) is 1.85. The molecule has 0 fully saturated rings. The predicted molar refractivity (Wildman–Crippen MR) is 58.1 cm³/mol. The molecule has 0 aliphatic heterocycles. The SMILES string of the molecule is CCCNc1ccc(CN)c(Cl)c1. The number of benzene rings is 1. The fourth-order valence-electron chi connectivity index (χ4n) is 1.09. The van der Waals surface area contributed by atoms with Crippen molar-refractivity contribution in [3.8, 4) is 0 Å². The van der Waals surface area contributed by atoms with Gasteiger partial charge in [-0.25, -0.2) is 0 Å². The van der Waals surface area contributed by atoms with Crippen molar-refractivity contribution in [3.63, 3.8) is 0 Å². The van der Waals surface area contributed by atoms with Gasteiger partial charge in [-0.1, -0.05) is 24.6 Å². The van der Waals surface area contributed by atoms with Crippen molar-refractivity contribution in [2.75, 3.05) is 11.9 Å². The average Bonchev–Trinajstić information content (AvgIpc) is 2.15. The fourth-order valence-corrected chi connectivity index (χ4v) is 1.35. The lowest BCUT2D eigenvalue weighted by atomic mass is 10.2. The number of anilines is 1. The molecular weight excluding hydrogens is 184 g/mol. The molecule has 1 aromatic carbocycles. The number of nitrogens with two attached hydrogens (primary N) is 1. The minimum Gasteiger partial charge on any atom is -0.385 e. The second kappa shape index (κ2) is 5.10. The maximum atomic E-state index is 5.99. The van der Waals surface area contributed by atoms with E-state index in [0.717, 1.165) is 29.2 Å². The van der Waals surface area contributed by atoms with Crippen LogP contribution in [0.4, 0.5) is 5.69 Å². The summed E-state index contributed by atoms with van der Waals surface area (Å²) in [5.41, 5.74) is 7.54. The largest absolute Gasteiger partial charge is 0.385 e. The highest BCUT2D eigenvalue weighted by atomic mass is 35.5.